The number of hydrogen-bond donors (Lipinski definition) is 1. The van der Waals surface area contributed by atoms with Crippen LogP contribution in [0.5, 0.6) is 0 Å². The van der Waals surface area contributed by atoms with Gasteiger partial charge in [0.05, 0.1) is 11.5 Å². The highest BCUT2D eigenvalue weighted by molar-refractivity contribution is 5.68. The van der Waals surface area contributed by atoms with Gasteiger partial charge < -0.3 is 14.7 Å². The fourth-order valence-corrected chi connectivity index (χ4v) is 2.67. The third-order valence-electron chi connectivity index (χ3n) is 4.00. The molecule has 1 N–H and O–H groups in total. The topological polar surface area (TPSA) is 49.8 Å². The Labute approximate surface area is 124 Å². The number of nitrogens with zero attached hydrogens (tertiary/aromatic N) is 1. The number of amides is 1. The van der Waals surface area contributed by atoms with E-state index in [0.29, 0.717) is 32.4 Å². The van der Waals surface area contributed by atoms with E-state index in [4.69, 9.17) is 4.74 Å². The molecule has 1 amide bonds. The Kier molecular flexibility index (Phi) is 6.33. The van der Waals surface area contributed by atoms with Crippen LogP contribution in [0, 0.1) is 5.92 Å². The molecule has 1 aliphatic rings. The number of hydrogen-bond acceptors (Lipinski definition) is 3. The van der Waals surface area contributed by atoms with E-state index in [-0.39, 0.29) is 0 Å². The Morgan fingerprint density at radius 3 is 2.52 bits per heavy atom. The van der Waals surface area contributed by atoms with Crippen molar-refractivity contribution in [2.45, 2.75) is 45.1 Å². The molecule has 0 unspecified atom stereocenters. The molecule has 0 heterocycles. The van der Waals surface area contributed by atoms with Crippen LogP contribution in [-0.2, 0) is 4.74 Å². The Balaban J connectivity index is 3.00. The quantitative estimate of drug-likeness (QED) is 0.622. The third-order valence-corrected chi connectivity index (χ3v) is 4.00. The maximum absolute atomic E-state index is 13.2. The van der Waals surface area contributed by atoms with Gasteiger partial charge in [0, 0.05) is 13.1 Å². The van der Waals surface area contributed by atoms with Gasteiger partial charge in [-0.15, -0.1) is 6.58 Å². The van der Waals surface area contributed by atoms with Gasteiger partial charge in [-0.3, -0.25) is 0 Å². The minimum Gasteiger partial charge on any atom is -0.409 e. The van der Waals surface area contributed by atoms with Gasteiger partial charge >= 0.3 is 12.2 Å². The molecule has 120 valence electrons. The molecule has 0 radical (unpaired) electrons. The van der Waals surface area contributed by atoms with Gasteiger partial charge in [0.25, 0.3) is 0 Å². The van der Waals surface area contributed by atoms with E-state index in [1.165, 1.54) is 11.0 Å². The van der Waals surface area contributed by atoms with Crippen molar-refractivity contribution in [2.24, 2.45) is 5.92 Å². The first-order valence-electron chi connectivity index (χ1n) is 7.27. The maximum atomic E-state index is 13.2. The first kappa shape index (κ1) is 17.6. The Hall–Kier alpha value is -1.43. The molecule has 0 spiro atoms. The molecule has 0 aliphatic heterocycles. The van der Waals surface area contributed by atoms with E-state index in [0.717, 1.165) is 6.42 Å². The van der Waals surface area contributed by atoms with Crippen molar-refractivity contribution in [3.8, 4) is 0 Å². The highest BCUT2D eigenvalue weighted by atomic mass is 19.3. The van der Waals surface area contributed by atoms with Crippen molar-refractivity contribution in [3.05, 3.63) is 24.5 Å². The van der Waals surface area contributed by atoms with E-state index >= 15 is 0 Å². The first-order valence-corrected chi connectivity index (χ1v) is 7.27. The zero-order valence-electron chi connectivity index (χ0n) is 12.6. The maximum Gasteiger partial charge on any atom is 0.415 e. The van der Waals surface area contributed by atoms with Gasteiger partial charge in [0.15, 0.2) is 5.76 Å². The lowest BCUT2D eigenvalue weighted by Crippen LogP contribution is -2.42. The summed E-state index contributed by atoms with van der Waals surface area (Å²) in [5.41, 5.74) is -1.46. The van der Waals surface area contributed by atoms with E-state index < -0.39 is 29.5 Å². The molecule has 0 aromatic heterocycles. The smallest absolute Gasteiger partial charge is 0.409 e. The molecular formula is C15H23F2NO3. The van der Waals surface area contributed by atoms with Gasteiger partial charge in [-0.2, -0.15) is 8.78 Å². The van der Waals surface area contributed by atoms with Crippen LogP contribution in [0.2, 0.25) is 0 Å². The number of carbonyl (C=O) groups excluding carboxylic acids is 1. The van der Waals surface area contributed by atoms with Crippen LogP contribution >= 0.6 is 0 Å². The number of carbonyl (C=O) groups is 1. The Morgan fingerprint density at radius 1 is 1.43 bits per heavy atom. The minimum atomic E-state index is -2.07. The summed E-state index contributed by atoms with van der Waals surface area (Å²) in [7, 11) is 0. The van der Waals surface area contributed by atoms with Crippen molar-refractivity contribution in [1.82, 2.24) is 4.90 Å². The normalized spacial score (nSPS) is 25.1. The Morgan fingerprint density at radius 2 is 2.05 bits per heavy atom. The van der Waals surface area contributed by atoms with Crippen LogP contribution in [0.1, 0.15) is 39.5 Å². The van der Waals surface area contributed by atoms with Gasteiger partial charge in [-0.1, -0.05) is 18.9 Å². The molecule has 0 bridgehead atoms. The van der Waals surface area contributed by atoms with E-state index in [9.17, 15) is 18.7 Å². The largest absolute Gasteiger partial charge is 0.415 e. The van der Waals surface area contributed by atoms with Crippen LogP contribution in [0.3, 0.4) is 0 Å². The fourth-order valence-electron chi connectivity index (χ4n) is 2.67. The predicted molar refractivity (Wildman–Crippen MR) is 75.7 cm³/mol. The number of ether oxygens (including phenoxy) is 1. The zero-order valence-corrected chi connectivity index (χ0v) is 12.6. The van der Waals surface area contributed by atoms with Gasteiger partial charge in [0.1, 0.15) is 0 Å². The van der Waals surface area contributed by atoms with Crippen LogP contribution in [0.15, 0.2) is 24.5 Å². The van der Waals surface area contributed by atoms with E-state index in [1.54, 1.807) is 13.8 Å². The monoisotopic (exact) mass is 303 g/mol. The van der Waals surface area contributed by atoms with Crippen LogP contribution in [0.25, 0.3) is 0 Å². The molecule has 0 aromatic rings. The van der Waals surface area contributed by atoms with Crippen LogP contribution in [-0.4, -0.2) is 34.8 Å². The molecule has 1 saturated carbocycles. The summed E-state index contributed by atoms with van der Waals surface area (Å²) >= 11 is 0. The third kappa shape index (κ3) is 4.03. The SMILES string of the molecule is C=C[C@@]1(O)CCCC[C@@H]1C(OC(=O)N(CC)CC)=C(F)F. The summed E-state index contributed by atoms with van der Waals surface area (Å²) in [5, 5.41) is 10.4. The van der Waals surface area contributed by atoms with Gasteiger partial charge in [0.2, 0.25) is 0 Å². The van der Waals surface area contributed by atoms with E-state index in [2.05, 4.69) is 6.58 Å². The minimum absolute atomic E-state index is 0.334. The van der Waals surface area contributed by atoms with Crippen molar-refractivity contribution in [2.75, 3.05) is 13.1 Å². The fraction of sp³-hybridized carbons (Fsp3) is 0.667. The summed E-state index contributed by atoms with van der Waals surface area (Å²) in [6.45, 7) is 7.74. The van der Waals surface area contributed by atoms with Crippen molar-refractivity contribution < 1.29 is 23.4 Å². The first-order chi connectivity index (χ1) is 9.89. The van der Waals surface area contributed by atoms with E-state index in [1.807, 2.05) is 0 Å². The molecule has 2 atom stereocenters. The highest BCUT2D eigenvalue weighted by Gasteiger charge is 2.42. The molecule has 4 nitrogen and oxygen atoms in total. The number of aliphatic hydroxyl groups is 1. The molecule has 6 heteroatoms. The molecule has 0 aromatic carbocycles. The number of rotatable bonds is 5. The van der Waals surface area contributed by atoms with Crippen molar-refractivity contribution >= 4 is 6.09 Å². The van der Waals surface area contributed by atoms with Crippen LogP contribution in [0.4, 0.5) is 13.6 Å². The zero-order chi connectivity index (χ0) is 16.0. The lowest BCUT2D eigenvalue weighted by Gasteiger charge is -2.38. The summed E-state index contributed by atoms with van der Waals surface area (Å²) in [6.07, 6.45) is 0.472. The second-order valence-corrected chi connectivity index (χ2v) is 5.16. The highest BCUT2D eigenvalue weighted by Crippen LogP contribution is 2.41. The lowest BCUT2D eigenvalue weighted by atomic mass is 9.74. The van der Waals surface area contributed by atoms with Gasteiger partial charge in [-0.25, -0.2) is 4.79 Å². The Bertz CT molecular complexity index is 417. The summed E-state index contributed by atoms with van der Waals surface area (Å²) in [4.78, 5) is 13.2. The second-order valence-electron chi connectivity index (χ2n) is 5.16. The van der Waals surface area contributed by atoms with Crippen molar-refractivity contribution in [1.29, 1.82) is 0 Å². The molecule has 1 rings (SSSR count). The average molecular weight is 303 g/mol. The molecule has 1 fully saturated rings. The molecular weight excluding hydrogens is 280 g/mol. The number of halogens is 2. The van der Waals surface area contributed by atoms with Crippen LogP contribution < -0.4 is 0 Å². The molecule has 0 saturated heterocycles. The average Bonchev–Trinajstić information content (AvgIpc) is 2.46. The molecule has 21 heavy (non-hydrogen) atoms. The summed E-state index contributed by atoms with van der Waals surface area (Å²) in [6, 6.07) is 0. The summed E-state index contributed by atoms with van der Waals surface area (Å²) in [5.74, 6) is -1.66. The standard InChI is InChI=1S/C15H23F2NO3/c1-4-15(20)10-8-7-9-11(15)12(13(16)17)21-14(19)18(5-2)6-3/h4,11,20H,1,5-10H2,2-3H3/t11-,15-/m1/s1. The van der Waals surface area contributed by atoms with Crippen molar-refractivity contribution in [3.63, 3.8) is 0 Å². The van der Waals surface area contributed by atoms with Gasteiger partial charge in [-0.05, 0) is 26.7 Å². The molecule has 1 aliphatic carbocycles. The second kappa shape index (κ2) is 7.54. The summed E-state index contributed by atoms with van der Waals surface area (Å²) < 4.78 is 31.4. The predicted octanol–water partition coefficient (Wildman–Crippen LogP) is 3.68. The lowest BCUT2D eigenvalue weighted by molar-refractivity contribution is -0.0134.